The van der Waals surface area contributed by atoms with Gasteiger partial charge >= 0.3 is 0 Å². The van der Waals surface area contributed by atoms with Crippen molar-refractivity contribution in [2.24, 2.45) is 0 Å². The van der Waals surface area contributed by atoms with Gasteiger partial charge in [-0.25, -0.2) is 0 Å². The number of likely N-dealkylation sites (tertiary alicyclic amines) is 1. The second kappa shape index (κ2) is 7.66. The molecular formula is C22H23N3O2. The number of benzene rings is 2. The molecule has 0 radical (unpaired) electrons. The Morgan fingerprint density at radius 2 is 2.00 bits per heavy atom. The van der Waals surface area contributed by atoms with Crippen LogP contribution in [0.25, 0.3) is 0 Å². The number of aromatic nitrogens is 2. The van der Waals surface area contributed by atoms with E-state index in [1.165, 1.54) is 0 Å². The van der Waals surface area contributed by atoms with Crippen molar-refractivity contribution in [1.82, 2.24) is 15.1 Å². The van der Waals surface area contributed by atoms with E-state index < -0.39 is 0 Å². The third-order valence-corrected chi connectivity index (χ3v) is 5.05. The fourth-order valence-corrected chi connectivity index (χ4v) is 3.59. The summed E-state index contributed by atoms with van der Waals surface area (Å²) in [7, 11) is 0. The fraction of sp³-hybridized carbons (Fsp3) is 0.273. The van der Waals surface area contributed by atoms with Crippen molar-refractivity contribution in [3.8, 4) is 11.5 Å². The minimum absolute atomic E-state index is 0.115. The maximum Gasteiger partial charge on any atom is 0.227 e. The number of para-hydroxylation sites is 1. The monoisotopic (exact) mass is 361 g/mol. The molecule has 0 aliphatic carbocycles. The first kappa shape index (κ1) is 17.3. The Morgan fingerprint density at radius 3 is 2.74 bits per heavy atom. The summed E-state index contributed by atoms with van der Waals surface area (Å²) in [6, 6.07) is 17.8. The summed E-state index contributed by atoms with van der Waals surface area (Å²) >= 11 is 0. The summed E-state index contributed by atoms with van der Waals surface area (Å²) < 4.78 is 5.93. The van der Waals surface area contributed by atoms with E-state index in [2.05, 4.69) is 10.2 Å². The predicted molar refractivity (Wildman–Crippen MR) is 104 cm³/mol. The van der Waals surface area contributed by atoms with Crippen LogP contribution in [0.5, 0.6) is 11.5 Å². The average molecular weight is 361 g/mol. The molecule has 1 aliphatic heterocycles. The molecule has 2 heterocycles. The number of aryl methyl sites for hydroxylation is 1. The Kier molecular flexibility index (Phi) is 4.92. The first-order chi connectivity index (χ1) is 13.2. The van der Waals surface area contributed by atoms with Crippen LogP contribution < -0.4 is 4.74 Å². The van der Waals surface area contributed by atoms with E-state index >= 15 is 0 Å². The topological polar surface area (TPSA) is 58.2 Å². The molecule has 0 saturated carbocycles. The summed E-state index contributed by atoms with van der Waals surface area (Å²) in [5, 5.41) is 7.02. The Balaban J connectivity index is 1.41. The third-order valence-electron chi connectivity index (χ3n) is 5.05. The SMILES string of the molecule is Cc1ccccc1Oc1ccc(CC(=O)N2CCCC2c2ccn[nH]2)cc1. The molecule has 1 saturated heterocycles. The van der Waals surface area contributed by atoms with Crippen molar-refractivity contribution in [2.45, 2.75) is 32.2 Å². The van der Waals surface area contributed by atoms with Gasteiger partial charge in [0.2, 0.25) is 5.91 Å². The molecular weight excluding hydrogens is 338 g/mol. The number of nitrogens with zero attached hydrogens (tertiary/aromatic N) is 2. The van der Waals surface area contributed by atoms with E-state index in [1.54, 1.807) is 6.20 Å². The Hall–Kier alpha value is -3.08. The Bertz CT molecular complexity index is 904. The molecule has 0 spiro atoms. The lowest BCUT2D eigenvalue weighted by molar-refractivity contribution is -0.131. The van der Waals surface area contributed by atoms with Crippen molar-refractivity contribution >= 4 is 5.91 Å². The lowest BCUT2D eigenvalue weighted by Gasteiger charge is -2.23. The number of rotatable bonds is 5. The van der Waals surface area contributed by atoms with Crippen molar-refractivity contribution in [2.75, 3.05) is 6.54 Å². The number of ether oxygens (including phenoxy) is 1. The molecule has 5 nitrogen and oxygen atoms in total. The molecule has 138 valence electrons. The van der Waals surface area contributed by atoms with Crippen molar-refractivity contribution in [3.05, 3.63) is 77.6 Å². The second-order valence-corrected chi connectivity index (χ2v) is 6.95. The van der Waals surface area contributed by atoms with Crippen molar-refractivity contribution in [1.29, 1.82) is 0 Å². The van der Waals surface area contributed by atoms with Crippen LogP contribution in [-0.4, -0.2) is 27.5 Å². The molecule has 1 atom stereocenters. The molecule has 1 unspecified atom stereocenters. The van der Waals surface area contributed by atoms with Gasteiger partial charge in [-0.1, -0.05) is 30.3 Å². The number of carbonyl (C=O) groups is 1. The van der Waals surface area contributed by atoms with Gasteiger partial charge in [-0.15, -0.1) is 0 Å². The van der Waals surface area contributed by atoms with Gasteiger partial charge in [0.05, 0.1) is 18.2 Å². The summed E-state index contributed by atoms with van der Waals surface area (Å²) in [5.74, 6) is 1.78. The molecule has 3 aromatic rings. The standard InChI is InChI=1S/C22H23N3O2/c1-16-5-2-3-7-21(16)27-18-10-8-17(9-11-18)15-22(26)25-14-4-6-20(25)19-12-13-23-24-19/h2-3,5,7-13,20H,4,6,14-15H2,1H3,(H,23,24). The zero-order valence-electron chi connectivity index (χ0n) is 15.4. The number of amides is 1. The lowest BCUT2D eigenvalue weighted by Crippen LogP contribution is -2.32. The van der Waals surface area contributed by atoms with Crippen LogP contribution in [0.2, 0.25) is 0 Å². The van der Waals surface area contributed by atoms with Crippen LogP contribution in [0.1, 0.15) is 35.7 Å². The maximum atomic E-state index is 12.8. The molecule has 1 fully saturated rings. The van der Waals surface area contributed by atoms with E-state index in [0.717, 1.165) is 47.7 Å². The first-order valence-corrected chi connectivity index (χ1v) is 9.32. The second-order valence-electron chi connectivity index (χ2n) is 6.95. The van der Waals surface area contributed by atoms with Gasteiger partial charge in [0, 0.05) is 12.7 Å². The van der Waals surface area contributed by atoms with E-state index in [9.17, 15) is 4.79 Å². The minimum atomic E-state index is 0.115. The van der Waals surface area contributed by atoms with E-state index in [0.29, 0.717) is 6.42 Å². The quantitative estimate of drug-likeness (QED) is 0.732. The molecule has 2 aromatic carbocycles. The largest absolute Gasteiger partial charge is 0.457 e. The highest BCUT2D eigenvalue weighted by Gasteiger charge is 2.30. The summed E-state index contributed by atoms with van der Waals surface area (Å²) in [5.41, 5.74) is 3.10. The summed E-state index contributed by atoms with van der Waals surface area (Å²) in [6.07, 6.45) is 4.15. The third kappa shape index (κ3) is 3.87. The van der Waals surface area contributed by atoms with Gasteiger partial charge in [0.25, 0.3) is 0 Å². The van der Waals surface area contributed by atoms with Gasteiger partial charge in [0.1, 0.15) is 11.5 Å². The van der Waals surface area contributed by atoms with Crippen LogP contribution in [0, 0.1) is 6.92 Å². The van der Waals surface area contributed by atoms with Crippen LogP contribution in [-0.2, 0) is 11.2 Å². The number of aromatic amines is 1. The molecule has 1 aliphatic rings. The highest BCUT2D eigenvalue weighted by molar-refractivity contribution is 5.79. The zero-order chi connectivity index (χ0) is 18.6. The van der Waals surface area contributed by atoms with Gasteiger partial charge in [-0.2, -0.15) is 5.10 Å². The van der Waals surface area contributed by atoms with E-state index in [4.69, 9.17) is 4.74 Å². The van der Waals surface area contributed by atoms with Gasteiger partial charge in [0.15, 0.2) is 0 Å². The average Bonchev–Trinajstić information content (AvgIpc) is 3.36. The zero-order valence-corrected chi connectivity index (χ0v) is 15.4. The van der Waals surface area contributed by atoms with Crippen LogP contribution in [0.15, 0.2) is 60.8 Å². The highest BCUT2D eigenvalue weighted by atomic mass is 16.5. The van der Waals surface area contributed by atoms with Crippen molar-refractivity contribution < 1.29 is 9.53 Å². The number of hydrogen-bond acceptors (Lipinski definition) is 3. The van der Waals surface area contributed by atoms with E-state index in [1.807, 2.05) is 66.4 Å². The van der Waals surface area contributed by atoms with E-state index in [-0.39, 0.29) is 11.9 Å². The van der Waals surface area contributed by atoms with Gasteiger partial charge in [-0.3, -0.25) is 9.89 Å². The molecule has 1 N–H and O–H groups in total. The molecule has 1 aromatic heterocycles. The fourth-order valence-electron chi connectivity index (χ4n) is 3.59. The Morgan fingerprint density at radius 1 is 1.19 bits per heavy atom. The molecule has 0 bridgehead atoms. The molecule has 4 rings (SSSR count). The predicted octanol–water partition coefficient (Wildman–Crippen LogP) is 4.42. The molecule has 5 heteroatoms. The van der Waals surface area contributed by atoms with Crippen LogP contribution in [0.3, 0.4) is 0 Å². The number of nitrogens with one attached hydrogen (secondary N) is 1. The summed E-state index contributed by atoms with van der Waals surface area (Å²) in [6.45, 7) is 2.82. The molecule has 1 amide bonds. The number of hydrogen-bond donors (Lipinski definition) is 1. The first-order valence-electron chi connectivity index (χ1n) is 9.32. The van der Waals surface area contributed by atoms with Crippen LogP contribution in [0.4, 0.5) is 0 Å². The van der Waals surface area contributed by atoms with Gasteiger partial charge in [-0.05, 0) is 55.2 Å². The highest BCUT2D eigenvalue weighted by Crippen LogP contribution is 2.31. The van der Waals surface area contributed by atoms with Crippen molar-refractivity contribution in [3.63, 3.8) is 0 Å². The minimum Gasteiger partial charge on any atom is -0.457 e. The number of carbonyl (C=O) groups excluding carboxylic acids is 1. The number of H-pyrrole nitrogens is 1. The molecule has 27 heavy (non-hydrogen) atoms. The normalized spacial score (nSPS) is 16.5. The van der Waals surface area contributed by atoms with Gasteiger partial charge < -0.3 is 9.64 Å². The maximum absolute atomic E-state index is 12.8. The Labute approximate surface area is 159 Å². The summed E-state index contributed by atoms with van der Waals surface area (Å²) in [4.78, 5) is 14.8. The van der Waals surface area contributed by atoms with Crippen LogP contribution >= 0.6 is 0 Å². The smallest absolute Gasteiger partial charge is 0.227 e. The lowest BCUT2D eigenvalue weighted by atomic mass is 10.1.